The number of benzene rings is 2. The van der Waals surface area contributed by atoms with E-state index in [9.17, 15) is 4.39 Å². The van der Waals surface area contributed by atoms with Gasteiger partial charge in [-0.25, -0.2) is 4.39 Å². The van der Waals surface area contributed by atoms with E-state index in [0.717, 1.165) is 16.9 Å². The molecule has 158 valence electrons. The van der Waals surface area contributed by atoms with Crippen LogP contribution in [0.1, 0.15) is 16.7 Å². The minimum atomic E-state index is -0.366. The van der Waals surface area contributed by atoms with Gasteiger partial charge in [0.2, 0.25) is 0 Å². The third-order valence-corrected chi connectivity index (χ3v) is 5.28. The number of halogens is 2. The number of rotatable bonds is 6. The van der Waals surface area contributed by atoms with Gasteiger partial charge in [0.05, 0.1) is 36.9 Å². The Morgan fingerprint density at radius 3 is 2.19 bits per heavy atom. The first-order chi connectivity index (χ1) is 15.0. The molecule has 0 aliphatic carbocycles. The second-order valence-electron chi connectivity index (χ2n) is 7.09. The zero-order chi connectivity index (χ0) is 21.8. The van der Waals surface area contributed by atoms with Gasteiger partial charge in [-0.3, -0.25) is 9.36 Å². The van der Waals surface area contributed by atoms with E-state index < -0.39 is 0 Å². The summed E-state index contributed by atoms with van der Waals surface area (Å²) in [5.41, 5.74) is 4.73. The first-order valence-corrected chi connectivity index (χ1v) is 10.4. The van der Waals surface area contributed by atoms with E-state index >= 15 is 0 Å². The minimum Gasteiger partial charge on any atom is -0.330 e. The molecule has 6 nitrogen and oxygen atoms in total. The van der Waals surface area contributed by atoms with Crippen molar-refractivity contribution in [2.24, 2.45) is 0 Å². The van der Waals surface area contributed by atoms with Crippen molar-refractivity contribution in [3.63, 3.8) is 0 Å². The van der Waals surface area contributed by atoms with Crippen molar-refractivity contribution in [1.82, 2.24) is 19.6 Å². The van der Waals surface area contributed by atoms with E-state index in [1.165, 1.54) is 23.3 Å². The van der Waals surface area contributed by atoms with Crippen LogP contribution in [0, 0.1) is 12.7 Å². The monoisotopic (exact) mass is 454 g/mol. The molecule has 0 aliphatic rings. The zero-order valence-electron chi connectivity index (χ0n) is 16.7. The van der Waals surface area contributed by atoms with Gasteiger partial charge in [0.25, 0.3) is 0 Å². The first-order valence-electron chi connectivity index (χ1n) is 9.57. The molecule has 0 radical (unpaired) electrons. The van der Waals surface area contributed by atoms with Crippen LogP contribution in [0.3, 0.4) is 0 Å². The lowest BCUT2D eigenvalue weighted by molar-refractivity contribution is 0.624. The average molecular weight is 455 g/mol. The number of nitrogens with zero attached hydrogens (tertiary/aromatic N) is 4. The number of hydrogen-bond donors (Lipinski definition) is 2. The zero-order valence-corrected chi connectivity index (χ0v) is 18.3. The third kappa shape index (κ3) is 5.48. The van der Waals surface area contributed by atoms with Crippen LogP contribution in [0.25, 0.3) is 0 Å². The highest BCUT2D eigenvalue weighted by Crippen LogP contribution is 2.19. The maximum Gasteiger partial charge on any atom is 0.175 e. The fraction of sp³-hybridized carbons (Fsp3) is 0.136. The minimum absolute atomic E-state index is 0.366. The van der Waals surface area contributed by atoms with E-state index in [2.05, 4.69) is 39.9 Å². The van der Waals surface area contributed by atoms with Gasteiger partial charge in [0, 0.05) is 17.4 Å². The Kier molecular flexibility index (Phi) is 6.29. The number of hydrogen-bond acceptors (Lipinski definition) is 3. The van der Waals surface area contributed by atoms with Crippen molar-refractivity contribution in [3.8, 4) is 0 Å². The van der Waals surface area contributed by atoms with Crippen LogP contribution < -0.4 is 10.6 Å². The number of nitrogens with one attached hydrogen (secondary N) is 2. The summed E-state index contributed by atoms with van der Waals surface area (Å²) in [5, 5.41) is 15.7. The van der Waals surface area contributed by atoms with Crippen molar-refractivity contribution in [2.45, 2.75) is 20.0 Å². The maximum atomic E-state index is 13.2. The summed E-state index contributed by atoms with van der Waals surface area (Å²) in [4.78, 5) is 0. The molecule has 0 fully saturated rings. The Morgan fingerprint density at radius 2 is 1.58 bits per heavy atom. The van der Waals surface area contributed by atoms with Crippen LogP contribution in [-0.4, -0.2) is 24.7 Å². The smallest absolute Gasteiger partial charge is 0.175 e. The Morgan fingerprint density at radius 1 is 0.968 bits per heavy atom. The molecule has 0 atom stereocenters. The molecule has 0 aliphatic heterocycles. The Bertz CT molecular complexity index is 1220. The topological polar surface area (TPSA) is 59.7 Å². The predicted molar refractivity (Wildman–Crippen MR) is 125 cm³/mol. The second kappa shape index (κ2) is 9.28. The highest BCUT2D eigenvalue weighted by Gasteiger charge is 2.07. The molecule has 4 aromatic rings. The lowest BCUT2D eigenvalue weighted by atomic mass is 10.1. The number of anilines is 2. The first kappa shape index (κ1) is 21.0. The van der Waals surface area contributed by atoms with Crippen LogP contribution in [-0.2, 0) is 13.1 Å². The quantitative estimate of drug-likeness (QED) is 0.397. The lowest BCUT2D eigenvalue weighted by Crippen LogP contribution is -2.18. The largest absolute Gasteiger partial charge is 0.330 e. The molecule has 0 bridgehead atoms. The maximum absolute atomic E-state index is 13.2. The summed E-state index contributed by atoms with van der Waals surface area (Å²) >= 11 is 11.5. The molecule has 0 amide bonds. The van der Waals surface area contributed by atoms with E-state index in [0.29, 0.717) is 23.2 Å². The highest BCUT2D eigenvalue weighted by atomic mass is 35.5. The molecule has 2 heterocycles. The van der Waals surface area contributed by atoms with E-state index in [1.807, 2.05) is 23.0 Å². The van der Waals surface area contributed by atoms with Crippen molar-refractivity contribution < 1.29 is 4.39 Å². The Labute approximate surface area is 189 Å². The molecule has 9 heteroatoms. The van der Waals surface area contributed by atoms with Crippen LogP contribution in [0.15, 0.2) is 67.3 Å². The predicted octanol–water partition coefficient (Wildman–Crippen LogP) is 5.09. The van der Waals surface area contributed by atoms with Crippen LogP contribution in [0.2, 0.25) is 5.02 Å². The van der Waals surface area contributed by atoms with Gasteiger partial charge >= 0.3 is 0 Å². The summed E-state index contributed by atoms with van der Waals surface area (Å²) in [6, 6.07) is 12.5. The SMILES string of the molecule is Cc1ccccc1Cn1cc(NC(=S)Nc2cnn(Cc3ccc(F)cc3Cl)c2)cn1. The third-order valence-electron chi connectivity index (χ3n) is 4.72. The normalized spacial score (nSPS) is 10.8. The van der Waals surface area contributed by atoms with Crippen LogP contribution >= 0.6 is 23.8 Å². The van der Waals surface area contributed by atoms with Crippen LogP contribution in [0.5, 0.6) is 0 Å². The van der Waals surface area contributed by atoms with E-state index in [-0.39, 0.29) is 5.82 Å². The average Bonchev–Trinajstić information content (AvgIpc) is 3.35. The molecule has 31 heavy (non-hydrogen) atoms. The van der Waals surface area contributed by atoms with Crippen molar-refractivity contribution in [1.29, 1.82) is 0 Å². The number of thiocarbonyl (C=S) groups is 1. The van der Waals surface area contributed by atoms with Gasteiger partial charge in [0.1, 0.15) is 5.82 Å². The molecule has 4 rings (SSSR count). The Balaban J connectivity index is 1.33. The molecular weight excluding hydrogens is 435 g/mol. The molecule has 0 saturated heterocycles. The van der Waals surface area contributed by atoms with Gasteiger partial charge in [-0.15, -0.1) is 0 Å². The molecule has 0 spiro atoms. The van der Waals surface area contributed by atoms with E-state index in [4.69, 9.17) is 23.8 Å². The van der Waals surface area contributed by atoms with E-state index in [1.54, 1.807) is 29.3 Å². The van der Waals surface area contributed by atoms with Gasteiger partial charge in [-0.2, -0.15) is 10.2 Å². The van der Waals surface area contributed by atoms with Gasteiger partial charge < -0.3 is 10.6 Å². The van der Waals surface area contributed by atoms with Gasteiger partial charge in [-0.05, 0) is 48.0 Å². The fourth-order valence-corrected chi connectivity index (χ4v) is 3.57. The molecule has 2 N–H and O–H groups in total. The summed E-state index contributed by atoms with van der Waals surface area (Å²) in [7, 11) is 0. The molecular formula is C22H20ClFN6S. The molecule has 0 saturated carbocycles. The lowest BCUT2D eigenvalue weighted by Gasteiger charge is -2.07. The molecule has 2 aromatic heterocycles. The van der Waals surface area contributed by atoms with Gasteiger partial charge in [-0.1, -0.05) is 41.9 Å². The number of aromatic nitrogens is 4. The van der Waals surface area contributed by atoms with Gasteiger partial charge in [0.15, 0.2) is 5.11 Å². The summed E-state index contributed by atoms with van der Waals surface area (Å²) in [5.74, 6) is -0.366. The second-order valence-corrected chi connectivity index (χ2v) is 7.91. The summed E-state index contributed by atoms with van der Waals surface area (Å²) < 4.78 is 16.8. The highest BCUT2D eigenvalue weighted by molar-refractivity contribution is 7.80. The summed E-state index contributed by atoms with van der Waals surface area (Å²) in [6.45, 7) is 3.20. The Hall–Kier alpha value is -3.23. The van der Waals surface area contributed by atoms with Crippen molar-refractivity contribution in [3.05, 3.63) is 94.8 Å². The standard InChI is InChI=1S/C22H20ClFN6S/c1-15-4-2-3-5-16(15)11-29-13-19(9-25-29)27-22(31)28-20-10-26-30(14-20)12-17-6-7-18(24)8-21(17)23/h2-10,13-14H,11-12H2,1H3,(H2,27,28,31). The van der Waals surface area contributed by atoms with Crippen molar-refractivity contribution >= 4 is 40.3 Å². The number of aryl methyl sites for hydroxylation is 1. The summed E-state index contributed by atoms with van der Waals surface area (Å²) in [6.07, 6.45) is 7.09. The van der Waals surface area contributed by atoms with Crippen LogP contribution in [0.4, 0.5) is 15.8 Å². The molecule has 0 unspecified atom stereocenters. The van der Waals surface area contributed by atoms with Crippen molar-refractivity contribution in [2.75, 3.05) is 10.6 Å². The fourth-order valence-electron chi connectivity index (χ4n) is 3.11. The molecule has 2 aromatic carbocycles.